The largest absolute Gasteiger partial charge is 0.453 e. The molecule has 1 saturated heterocycles. The number of aromatic nitrogens is 2. The number of carbonyl (C=O) groups excluding carboxylic acids is 1. The zero-order valence-electron chi connectivity index (χ0n) is 11.7. The number of amides is 1. The summed E-state index contributed by atoms with van der Waals surface area (Å²) in [5, 5.41) is 1.04. The highest BCUT2D eigenvalue weighted by atomic mass is 16.3. The van der Waals surface area contributed by atoms with Crippen LogP contribution in [0.5, 0.6) is 0 Å². The van der Waals surface area contributed by atoms with E-state index >= 15 is 0 Å². The van der Waals surface area contributed by atoms with Crippen molar-refractivity contribution in [1.29, 1.82) is 0 Å². The predicted molar refractivity (Wildman–Crippen MR) is 78.7 cm³/mol. The molecule has 1 amide bonds. The van der Waals surface area contributed by atoms with E-state index in [0.29, 0.717) is 11.6 Å². The van der Waals surface area contributed by atoms with Crippen molar-refractivity contribution in [3.05, 3.63) is 42.7 Å². The van der Waals surface area contributed by atoms with Crippen LogP contribution < -0.4 is 0 Å². The van der Waals surface area contributed by atoms with Crippen LogP contribution in [0.25, 0.3) is 22.6 Å². The SMILES string of the molecule is CN1CCC(n2ccnc2-c2cc3ccccc3o2)C1=O. The van der Waals surface area contributed by atoms with Crippen molar-refractivity contribution in [2.45, 2.75) is 12.5 Å². The minimum atomic E-state index is -0.180. The zero-order valence-corrected chi connectivity index (χ0v) is 11.7. The number of para-hydroxylation sites is 1. The van der Waals surface area contributed by atoms with Crippen LogP contribution in [-0.4, -0.2) is 34.0 Å². The number of hydrogen-bond acceptors (Lipinski definition) is 3. The van der Waals surface area contributed by atoms with Crippen LogP contribution in [0.4, 0.5) is 0 Å². The lowest BCUT2D eigenvalue weighted by Gasteiger charge is -2.13. The van der Waals surface area contributed by atoms with Crippen molar-refractivity contribution in [2.75, 3.05) is 13.6 Å². The summed E-state index contributed by atoms with van der Waals surface area (Å²) in [5.41, 5.74) is 0.830. The summed E-state index contributed by atoms with van der Waals surface area (Å²) in [6, 6.07) is 9.64. The first-order valence-corrected chi connectivity index (χ1v) is 7.01. The standard InChI is InChI=1S/C16H15N3O2/c1-18-8-6-12(16(18)20)19-9-7-17-15(19)14-10-11-4-2-3-5-13(11)21-14/h2-5,7,9-10,12H,6,8H2,1H3. The van der Waals surface area contributed by atoms with Crippen LogP contribution in [0.2, 0.25) is 0 Å². The monoisotopic (exact) mass is 281 g/mol. The van der Waals surface area contributed by atoms with Gasteiger partial charge in [0.1, 0.15) is 11.6 Å². The molecule has 3 heterocycles. The number of hydrogen-bond donors (Lipinski definition) is 0. The van der Waals surface area contributed by atoms with E-state index in [1.807, 2.05) is 48.1 Å². The molecule has 0 bridgehead atoms. The van der Waals surface area contributed by atoms with Crippen molar-refractivity contribution in [3.63, 3.8) is 0 Å². The van der Waals surface area contributed by atoms with Crippen LogP contribution in [0.15, 0.2) is 47.1 Å². The van der Waals surface area contributed by atoms with Crippen LogP contribution in [-0.2, 0) is 4.79 Å². The molecule has 0 radical (unpaired) electrons. The highest BCUT2D eigenvalue weighted by molar-refractivity contribution is 5.84. The number of imidazole rings is 1. The van der Waals surface area contributed by atoms with E-state index in [1.165, 1.54) is 0 Å². The second kappa shape index (κ2) is 4.48. The summed E-state index contributed by atoms with van der Waals surface area (Å²) >= 11 is 0. The topological polar surface area (TPSA) is 51.3 Å². The summed E-state index contributed by atoms with van der Waals surface area (Å²) in [5.74, 6) is 1.54. The maximum absolute atomic E-state index is 12.2. The van der Waals surface area contributed by atoms with Gasteiger partial charge in [0.25, 0.3) is 0 Å². The van der Waals surface area contributed by atoms with Crippen LogP contribution in [0, 0.1) is 0 Å². The van der Waals surface area contributed by atoms with Crippen molar-refractivity contribution >= 4 is 16.9 Å². The third-order valence-electron chi connectivity index (χ3n) is 4.05. The molecule has 2 aromatic heterocycles. The number of fused-ring (bicyclic) bond motifs is 1. The predicted octanol–water partition coefficient (Wildman–Crippen LogP) is 2.70. The molecular formula is C16H15N3O2. The molecule has 106 valence electrons. The number of benzene rings is 1. The lowest BCUT2D eigenvalue weighted by atomic mass is 10.2. The van der Waals surface area contributed by atoms with Gasteiger partial charge in [0.2, 0.25) is 5.91 Å². The minimum Gasteiger partial charge on any atom is -0.453 e. The Hall–Kier alpha value is -2.56. The lowest BCUT2D eigenvalue weighted by Crippen LogP contribution is -2.24. The van der Waals surface area contributed by atoms with Gasteiger partial charge in [-0.2, -0.15) is 0 Å². The molecule has 0 spiro atoms. The van der Waals surface area contributed by atoms with Gasteiger partial charge in [-0.05, 0) is 18.6 Å². The first kappa shape index (κ1) is 12.2. The molecule has 0 aliphatic carbocycles. The average molecular weight is 281 g/mol. The molecule has 4 rings (SSSR count). The highest BCUT2D eigenvalue weighted by Crippen LogP contribution is 2.31. The van der Waals surface area contributed by atoms with Gasteiger partial charge in [-0.15, -0.1) is 0 Å². The van der Waals surface area contributed by atoms with Gasteiger partial charge in [0.15, 0.2) is 11.6 Å². The van der Waals surface area contributed by atoms with Crippen molar-refractivity contribution in [3.8, 4) is 11.6 Å². The number of furan rings is 1. The number of likely N-dealkylation sites (N-methyl/N-ethyl adjacent to an activating group) is 1. The maximum Gasteiger partial charge on any atom is 0.245 e. The van der Waals surface area contributed by atoms with Crippen LogP contribution >= 0.6 is 0 Å². The molecule has 1 aromatic carbocycles. The van der Waals surface area contributed by atoms with Crippen molar-refractivity contribution in [2.24, 2.45) is 0 Å². The molecular weight excluding hydrogens is 266 g/mol. The summed E-state index contributed by atoms with van der Waals surface area (Å²) < 4.78 is 7.79. The Morgan fingerprint density at radius 3 is 2.95 bits per heavy atom. The van der Waals surface area contributed by atoms with Gasteiger partial charge >= 0.3 is 0 Å². The number of likely N-dealkylation sites (tertiary alicyclic amines) is 1. The summed E-state index contributed by atoms with van der Waals surface area (Å²) in [4.78, 5) is 18.3. The van der Waals surface area contributed by atoms with E-state index in [2.05, 4.69) is 4.98 Å². The number of rotatable bonds is 2. The molecule has 0 saturated carbocycles. The second-order valence-electron chi connectivity index (χ2n) is 5.37. The third-order valence-corrected chi connectivity index (χ3v) is 4.05. The average Bonchev–Trinajstić information content (AvgIpc) is 3.18. The van der Waals surface area contributed by atoms with Crippen LogP contribution in [0.1, 0.15) is 12.5 Å². The van der Waals surface area contributed by atoms with Gasteiger partial charge in [-0.3, -0.25) is 4.79 Å². The quantitative estimate of drug-likeness (QED) is 0.725. The van der Waals surface area contributed by atoms with E-state index in [0.717, 1.165) is 23.9 Å². The minimum absolute atomic E-state index is 0.130. The highest BCUT2D eigenvalue weighted by Gasteiger charge is 2.32. The fraction of sp³-hybridized carbons (Fsp3) is 0.250. The normalized spacial score (nSPS) is 18.8. The molecule has 1 aliphatic heterocycles. The lowest BCUT2D eigenvalue weighted by molar-refractivity contribution is -0.129. The molecule has 1 unspecified atom stereocenters. The van der Waals surface area contributed by atoms with Gasteiger partial charge in [-0.25, -0.2) is 4.98 Å². The van der Waals surface area contributed by atoms with E-state index in [9.17, 15) is 4.79 Å². The Morgan fingerprint density at radius 1 is 1.33 bits per heavy atom. The molecule has 1 atom stereocenters. The Kier molecular flexibility index (Phi) is 2.60. The molecule has 1 aliphatic rings. The van der Waals surface area contributed by atoms with Crippen molar-refractivity contribution < 1.29 is 9.21 Å². The van der Waals surface area contributed by atoms with E-state index < -0.39 is 0 Å². The van der Waals surface area contributed by atoms with Crippen molar-refractivity contribution in [1.82, 2.24) is 14.5 Å². The number of nitrogens with zero attached hydrogens (tertiary/aromatic N) is 3. The smallest absolute Gasteiger partial charge is 0.245 e. The second-order valence-corrected chi connectivity index (χ2v) is 5.37. The first-order chi connectivity index (χ1) is 10.2. The fourth-order valence-electron chi connectivity index (χ4n) is 2.91. The van der Waals surface area contributed by atoms with Crippen LogP contribution in [0.3, 0.4) is 0 Å². The van der Waals surface area contributed by atoms with Gasteiger partial charge in [-0.1, -0.05) is 18.2 Å². The molecule has 21 heavy (non-hydrogen) atoms. The third kappa shape index (κ3) is 1.85. The first-order valence-electron chi connectivity index (χ1n) is 7.01. The van der Waals surface area contributed by atoms with E-state index in [-0.39, 0.29) is 11.9 Å². The molecule has 3 aromatic rings. The molecule has 0 N–H and O–H groups in total. The Balaban J connectivity index is 1.80. The molecule has 5 nitrogen and oxygen atoms in total. The van der Waals surface area contributed by atoms with Gasteiger partial charge < -0.3 is 13.9 Å². The molecule has 1 fully saturated rings. The fourth-order valence-corrected chi connectivity index (χ4v) is 2.91. The summed E-state index contributed by atoms with van der Waals surface area (Å²) in [6.07, 6.45) is 4.37. The number of carbonyl (C=O) groups is 1. The summed E-state index contributed by atoms with van der Waals surface area (Å²) in [7, 11) is 1.83. The van der Waals surface area contributed by atoms with E-state index in [1.54, 1.807) is 11.1 Å². The van der Waals surface area contributed by atoms with Gasteiger partial charge in [0.05, 0.1) is 0 Å². The maximum atomic E-state index is 12.2. The Bertz CT molecular complexity index is 785. The Morgan fingerprint density at radius 2 is 2.19 bits per heavy atom. The van der Waals surface area contributed by atoms with E-state index in [4.69, 9.17) is 4.42 Å². The molecule has 5 heteroatoms. The summed E-state index contributed by atoms with van der Waals surface area (Å²) in [6.45, 7) is 0.779. The van der Waals surface area contributed by atoms with Gasteiger partial charge in [0, 0.05) is 31.4 Å². The Labute approximate surface area is 121 Å². The zero-order chi connectivity index (χ0) is 14.4.